The lowest BCUT2D eigenvalue weighted by atomic mass is 9.29. The van der Waals surface area contributed by atoms with Gasteiger partial charge in [0, 0.05) is 61.1 Å². The molecule has 0 saturated carbocycles. The Labute approximate surface area is 596 Å². The lowest BCUT2D eigenvalue weighted by Crippen LogP contribution is -2.65. The maximum absolute atomic E-state index is 9.89. The first-order valence-electron chi connectivity index (χ1n) is 41.3. The van der Waals surface area contributed by atoms with Gasteiger partial charge in [0.1, 0.15) is 0 Å². The first kappa shape index (κ1) is 43.4. The summed E-state index contributed by atoms with van der Waals surface area (Å²) in [5, 5.41) is -0.265. The molecule has 0 atom stereocenters. The van der Waals surface area contributed by atoms with Gasteiger partial charge in [-0.05, 0) is 174 Å². The predicted molar refractivity (Wildman–Crippen MR) is 415 cm³/mol. The van der Waals surface area contributed by atoms with E-state index in [0.29, 0.717) is 17.1 Å². The fourth-order valence-corrected chi connectivity index (χ4v) is 16.2. The van der Waals surface area contributed by atoms with Crippen molar-refractivity contribution in [3.63, 3.8) is 0 Å². The van der Waals surface area contributed by atoms with Gasteiger partial charge in [-0.1, -0.05) is 271 Å². The molecule has 466 valence electrons. The Balaban J connectivity index is 1.05. The number of rotatable bonds is 7. The van der Waals surface area contributed by atoms with Crippen molar-refractivity contribution in [1.29, 1.82) is 0 Å². The molecule has 3 aliphatic rings. The van der Waals surface area contributed by atoms with Gasteiger partial charge in [0.15, 0.2) is 0 Å². The molecule has 0 radical (unpaired) electrons. The van der Waals surface area contributed by atoms with Gasteiger partial charge in [0.25, 0.3) is 0 Å². The van der Waals surface area contributed by atoms with Crippen molar-refractivity contribution in [2.24, 2.45) is 0 Å². The van der Waals surface area contributed by atoms with Crippen LogP contribution in [0.1, 0.15) is 96.9 Å². The number of hydrogen-bond acceptors (Lipinski definition) is 2. The van der Waals surface area contributed by atoms with Crippen molar-refractivity contribution >= 4 is 101 Å². The Hall–Kier alpha value is -11.7. The monoisotopic (exact) mass is 1270 g/mol. The molecular weight excluding hydrogens is 1180 g/mol. The van der Waals surface area contributed by atoms with Gasteiger partial charge in [0.2, 0.25) is 6.71 Å². The van der Waals surface area contributed by atoms with Crippen LogP contribution in [0.3, 0.4) is 0 Å². The van der Waals surface area contributed by atoms with Crippen LogP contribution in [0.2, 0.25) is 0 Å². The molecule has 1 spiro atoms. The van der Waals surface area contributed by atoms with Crippen molar-refractivity contribution in [3.8, 4) is 44.8 Å². The second kappa shape index (κ2) is 21.7. The average Bonchev–Trinajstić information content (AvgIpc) is 1.07. The molecule has 0 amide bonds. The third kappa shape index (κ3) is 8.51. The molecule has 0 N–H and O–H groups in total. The van der Waals surface area contributed by atoms with Crippen LogP contribution in [0.5, 0.6) is 0 Å². The molecule has 0 aliphatic carbocycles. The fourth-order valence-electron chi connectivity index (χ4n) is 16.2. The van der Waals surface area contributed by atoms with Crippen molar-refractivity contribution in [1.82, 2.24) is 9.13 Å². The number of fused-ring (bicyclic) bond motifs is 16. The summed E-state index contributed by atoms with van der Waals surface area (Å²) in [5.41, 5.74) is 16.4. The van der Waals surface area contributed by atoms with Crippen molar-refractivity contribution in [2.75, 3.05) is 9.80 Å². The van der Waals surface area contributed by atoms with Gasteiger partial charge >= 0.3 is 0 Å². The first-order chi connectivity index (χ1) is 54.6. The zero-order chi connectivity index (χ0) is 79.7. The summed E-state index contributed by atoms with van der Waals surface area (Å²) in [6, 6.07) is 69.4. The number of hydrogen-bond donors (Lipinski definition) is 0. The van der Waals surface area contributed by atoms with E-state index in [-0.39, 0.29) is 49.0 Å². The smallest absolute Gasteiger partial charge is 0.247 e. The molecule has 0 unspecified atom stereocenters. The number of anilines is 6. The average molecular weight is 1270 g/mol. The van der Waals surface area contributed by atoms with Crippen LogP contribution in [0.15, 0.2) is 321 Å². The van der Waals surface area contributed by atoms with Gasteiger partial charge in [-0.25, -0.2) is 0 Å². The summed E-state index contributed by atoms with van der Waals surface area (Å²) >= 11 is 0. The molecule has 0 saturated heterocycles. The van der Waals surface area contributed by atoms with Gasteiger partial charge in [-0.3, -0.25) is 0 Å². The molecule has 0 bridgehead atoms. The molecule has 5 heteroatoms. The molecule has 19 rings (SSSR count). The lowest BCUT2D eigenvalue weighted by molar-refractivity contribution is 0.590. The Bertz CT molecular complexity index is 6650. The van der Waals surface area contributed by atoms with Crippen LogP contribution in [-0.2, 0) is 16.2 Å². The van der Waals surface area contributed by atoms with Gasteiger partial charge in [-0.2, -0.15) is 0 Å². The number of nitrogens with zero attached hydrogens (tertiary/aromatic N) is 4. The lowest BCUT2D eigenvalue weighted by Gasteiger charge is -2.52. The first-order valence-corrected chi connectivity index (χ1v) is 33.3. The SMILES string of the molecule is [2H]c1c([2H])c([2H])c2c(c1[2H])c1c([2H])c([2H])c([2H])c([2H])c1n2-c1ccc2c(c1)N(c1c(-c3ccccc3)cc(C(C)(C)C)cc1-c1ccccc1)c1cc(-c3ccc(C(C)(C)C)cc3)cc3c1B2c1ccc(-n2c4c([2H])c([2H])c([2H])c([2H])c4c4c([2H])c([2H])c([2H])c([2H])c42)cc1C31c2ccccc2N(c2ccccc2)c2ccccc21. The van der Waals surface area contributed by atoms with E-state index in [2.05, 4.69) is 185 Å². The standard InChI is InChI=1S/C93H71BN4/c1-91(2,3)64-48-46-60(47-49-64)63-54-78-89-88(55-63)98(90-73(61-28-10-7-11-29-61)56-65(92(4,5)6)57-74(90)62-30-12-8-13-31-62)87-59-68(97-83-42-24-18-36-71(83)72-37-19-25-43-84(72)97)51-53-80(87)94(89)79-52-50-67(96-81-40-22-16-34-69(81)70-35-17-23-41-82(70)96)58-77(79)93(78)75-38-20-26-44-85(75)95(66-32-14-9-15-33-66)86-45-27-21-39-76(86)93/h7-59H,1-6H3/i16D,17D,18D,19D,22D,23D,24D,25D,34D,35D,36D,37D,40D,41D,42D,43D. The topological polar surface area (TPSA) is 16.3 Å². The van der Waals surface area contributed by atoms with E-state index >= 15 is 0 Å². The molecule has 0 fully saturated rings. The summed E-state index contributed by atoms with van der Waals surface area (Å²) in [4.78, 5) is 4.65. The van der Waals surface area contributed by atoms with E-state index in [1.807, 2.05) is 91.0 Å². The number of benzene rings is 14. The highest BCUT2D eigenvalue weighted by atomic mass is 15.2. The van der Waals surface area contributed by atoms with Crippen LogP contribution in [0.25, 0.3) is 88.4 Å². The maximum atomic E-state index is 9.89. The summed E-state index contributed by atoms with van der Waals surface area (Å²) in [7, 11) is 0. The van der Waals surface area contributed by atoms with E-state index in [1.165, 1.54) is 0 Å². The molecular formula is C93H71BN4. The quantitative estimate of drug-likeness (QED) is 0.148. The van der Waals surface area contributed by atoms with Crippen LogP contribution in [0.4, 0.5) is 34.1 Å². The molecule has 14 aromatic carbocycles. The van der Waals surface area contributed by atoms with E-state index in [0.717, 1.165) is 112 Å². The van der Waals surface area contributed by atoms with Crippen LogP contribution >= 0.6 is 0 Å². The van der Waals surface area contributed by atoms with Crippen molar-refractivity contribution in [3.05, 3.63) is 355 Å². The summed E-state index contributed by atoms with van der Waals surface area (Å²) in [5.74, 6) is 0. The minimum Gasteiger partial charge on any atom is -0.310 e. The van der Waals surface area contributed by atoms with Crippen LogP contribution < -0.4 is 26.2 Å². The number of aromatic nitrogens is 2. The zero-order valence-electron chi connectivity index (χ0n) is 70.7. The highest BCUT2D eigenvalue weighted by Gasteiger charge is 2.56. The molecule has 5 heterocycles. The van der Waals surface area contributed by atoms with E-state index in [1.54, 1.807) is 9.13 Å². The highest BCUT2D eigenvalue weighted by Crippen LogP contribution is 2.61. The van der Waals surface area contributed by atoms with E-state index in [4.69, 9.17) is 5.48 Å². The molecule has 3 aliphatic heterocycles. The largest absolute Gasteiger partial charge is 0.310 e. The second-order valence-corrected chi connectivity index (χ2v) is 28.0. The van der Waals surface area contributed by atoms with Gasteiger partial charge in [0.05, 0.1) is 66.5 Å². The van der Waals surface area contributed by atoms with E-state index in [9.17, 15) is 16.4 Å². The predicted octanol–water partition coefficient (Wildman–Crippen LogP) is 22.3. The maximum Gasteiger partial charge on any atom is 0.247 e. The van der Waals surface area contributed by atoms with Gasteiger partial charge < -0.3 is 18.9 Å². The Morgan fingerprint density at radius 2 is 0.765 bits per heavy atom. The highest BCUT2D eigenvalue weighted by molar-refractivity contribution is 6.99. The van der Waals surface area contributed by atoms with Crippen LogP contribution in [-0.4, -0.2) is 15.8 Å². The molecule has 16 aromatic rings. The number of para-hydroxylation sites is 7. The third-order valence-electron chi connectivity index (χ3n) is 20.6. The zero-order valence-corrected chi connectivity index (χ0v) is 54.7. The van der Waals surface area contributed by atoms with Crippen molar-refractivity contribution < 1.29 is 21.9 Å². The van der Waals surface area contributed by atoms with Crippen LogP contribution in [0, 0.1) is 0 Å². The minimum absolute atomic E-state index is 0.0388. The fraction of sp³-hybridized carbons (Fsp3) is 0.0968. The van der Waals surface area contributed by atoms with E-state index < -0.39 is 114 Å². The minimum atomic E-state index is -1.40. The second-order valence-electron chi connectivity index (χ2n) is 28.0. The van der Waals surface area contributed by atoms with Crippen molar-refractivity contribution in [2.45, 2.75) is 57.8 Å². The summed E-state index contributed by atoms with van der Waals surface area (Å²) < 4.78 is 155. The molecule has 4 nitrogen and oxygen atoms in total. The Morgan fingerprint density at radius 3 is 1.27 bits per heavy atom. The Morgan fingerprint density at radius 1 is 0.316 bits per heavy atom. The Kier molecular flexibility index (Phi) is 9.61. The molecule has 2 aromatic heterocycles. The normalized spacial score (nSPS) is 15.9. The summed E-state index contributed by atoms with van der Waals surface area (Å²) in [6.07, 6.45) is 0. The summed E-state index contributed by atoms with van der Waals surface area (Å²) in [6.45, 7) is 12.4. The van der Waals surface area contributed by atoms with Gasteiger partial charge in [-0.15, -0.1) is 0 Å². The molecule has 98 heavy (non-hydrogen) atoms. The third-order valence-corrected chi connectivity index (χ3v) is 20.6.